The van der Waals surface area contributed by atoms with E-state index in [2.05, 4.69) is 10.4 Å². The maximum atomic E-state index is 14.9. The van der Waals surface area contributed by atoms with Crippen molar-refractivity contribution in [2.45, 2.75) is 69.3 Å². The second-order valence-corrected chi connectivity index (χ2v) is 14.1. The smallest absolute Gasteiger partial charge is 0.446 e. The number of amides is 1. The number of hydrogen-bond acceptors (Lipinski definition) is 10. The fourth-order valence-corrected chi connectivity index (χ4v) is 6.62. The van der Waals surface area contributed by atoms with Crippen molar-refractivity contribution in [2.75, 3.05) is 43.0 Å². The highest BCUT2D eigenvalue weighted by Gasteiger charge is 2.32. The number of fused-ring (bicyclic) bond motifs is 2. The molecule has 1 atom stereocenters. The van der Waals surface area contributed by atoms with E-state index in [1.807, 2.05) is 24.0 Å². The zero-order chi connectivity index (χ0) is 36.0. The van der Waals surface area contributed by atoms with Gasteiger partial charge in [0.1, 0.15) is 29.1 Å². The predicted molar refractivity (Wildman–Crippen MR) is 179 cm³/mol. The van der Waals surface area contributed by atoms with Crippen LogP contribution in [-0.4, -0.2) is 85.4 Å². The second kappa shape index (κ2) is 13.7. The van der Waals surface area contributed by atoms with E-state index in [0.717, 1.165) is 29.5 Å². The molecule has 2 aliphatic heterocycles. The van der Waals surface area contributed by atoms with Gasteiger partial charge in [-0.15, -0.1) is 5.10 Å². The zero-order valence-corrected chi connectivity index (χ0v) is 28.7. The van der Waals surface area contributed by atoms with E-state index >= 15 is 0 Å². The molecule has 2 aliphatic rings. The quantitative estimate of drug-likeness (QED) is 0.141. The number of aliphatic hydroxyl groups is 1. The summed E-state index contributed by atoms with van der Waals surface area (Å²) in [6, 6.07) is 8.49. The third-order valence-electron chi connectivity index (χ3n) is 8.21. The molecule has 2 aromatic heterocycles. The number of nitrogens with one attached hydrogen (secondary N) is 1. The van der Waals surface area contributed by atoms with Crippen molar-refractivity contribution in [1.29, 1.82) is 0 Å². The van der Waals surface area contributed by atoms with Gasteiger partial charge in [0.15, 0.2) is 5.82 Å². The summed E-state index contributed by atoms with van der Waals surface area (Å²) < 4.78 is 67.3. The van der Waals surface area contributed by atoms with E-state index < -0.39 is 46.6 Å². The number of hydrogen-bond donors (Lipinski definition) is 2. The molecule has 17 heteroatoms. The summed E-state index contributed by atoms with van der Waals surface area (Å²) in [6.07, 6.45) is -0.868. The number of alkyl halides is 3. The van der Waals surface area contributed by atoms with Crippen LogP contribution in [0.2, 0.25) is 0 Å². The van der Waals surface area contributed by atoms with Crippen LogP contribution in [0.3, 0.4) is 0 Å². The van der Waals surface area contributed by atoms with Crippen molar-refractivity contribution in [3.05, 3.63) is 63.8 Å². The van der Waals surface area contributed by atoms with E-state index in [1.54, 1.807) is 36.3 Å². The number of ether oxygens (including phenoxy) is 2. The summed E-state index contributed by atoms with van der Waals surface area (Å²) in [6.45, 7) is 8.74. The number of rotatable bonds is 8. The highest BCUT2D eigenvalue weighted by atomic mass is 32.2. The molecule has 1 amide bonds. The molecule has 2 aromatic carbocycles. The first-order valence-electron chi connectivity index (χ1n) is 16.1. The Balaban J connectivity index is 1.36. The second-order valence-electron chi connectivity index (χ2n) is 12.9. The van der Waals surface area contributed by atoms with E-state index in [-0.39, 0.29) is 28.7 Å². The lowest BCUT2D eigenvalue weighted by molar-refractivity contribution is -0.0328. The SMILES string of the molecule is CCc1c(N2CCN(C(=O)OC(C)(C)C)CC2)c(=O)n2nc(-c3ccc4c(c3)CCO4)nc2n1CC(O)Nc1ccc(SC(F)(F)F)cc1F. The van der Waals surface area contributed by atoms with E-state index in [1.165, 1.54) is 4.52 Å². The van der Waals surface area contributed by atoms with Crippen LogP contribution < -0.4 is 20.5 Å². The van der Waals surface area contributed by atoms with Gasteiger partial charge in [-0.05, 0) is 80.9 Å². The van der Waals surface area contributed by atoms with Crippen molar-refractivity contribution < 1.29 is 36.9 Å². The fraction of sp³-hybridized carbons (Fsp3) is 0.455. The monoisotopic (exact) mass is 719 g/mol. The Labute approximate surface area is 289 Å². The molecule has 4 heterocycles. The fourth-order valence-electron chi connectivity index (χ4n) is 6.05. The molecule has 0 aliphatic carbocycles. The minimum atomic E-state index is -4.59. The minimum Gasteiger partial charge on any atom is -0.493 e. The Hall–Kier alpha value is -4.51. The van der Waals surface area contributed by atoms with Gasteiger partial charge < -0.3 is 34.3 Å². The number of aliphatic hydroxyl groups excluding tert-OH is 1. The zero-order valence-electron chi connectivity index (χ0n) is 27.9. The van der Waals surface area contributed by atoms with Crippen molar-refractivity contribution in [3.63, 3.8) is 0 Å². The summed E-state index contributed by atoms with van der Waals surface area (Å²) in [5.41, 5.74) is -3.42. The van der Waals surface area contributed by atoms with Crippen molar-refractivity contribution in [1.82, 2.24) is 24.1 Å². The van der Waals surface area contributed by atoms with Crippen LogP contribution in [0.5, 0.6) is 5.75 Å². The molecule has 2 N–H and O–H groups in total. The van der Waals surface area contributed by atoms with Gasteiger partial charge in [0.25, 0.3) is 5.56 Å². The molecule has 4 aromatic rings. The molecule has 1 saturated heterocycles. The average molecular weight is 720 g/mol. The van der Waals surface area contributed by atoms with Crippen LogP contribution in [-0.2, 0) is 24.1 Å². The molecular formula is C33H37F4N7O5S. The summed E-state index contributed by atoms with van der Waals surface area (Å²) >= 11 is -0.444. The number of carbonyl (C=O) groups excluding carboxylic acids is 1. The van der Waals surface area contributed by atoms with Crippen LogP contribution in [0.25, 0.3) is 17.2 Å². The summed E-state index contributed by atoms with van der Waals surface area (Å²) in [5.74, 6) is 0.191. The third kappa shape index (κ3) is 7.62. The first-order chi connectivity index (χ1) is 23.6. The summed E-state index contributed by atoms with van der Waals surface area (Å²) in [5, 5.41) is 18.4. The van der Waals surface area contributed by atoms with Gasteiger partial charge in [-0.3, -0.25) is 4.79 Å². The number of nitrogens with zero attached hydrogens (tertiary/aromatic N) is 6. The molecule has 0 saturated carbocycles. The molecule has 1 fully saturated rings. The lowest BCUT2D eigenvalue weighted by atomic mass is 10.1. The normalized spacial score (nSPS) is 15.6. The van der Waals surface area contributed by atoms with E-state index in [4.69, 9.17) is 14.5 Å². The first-order valence-corrected chi connectivity index (χ1v) is 16.9. The summed E-state index contributed by atoms with van der Waals surface area (Å²) in [7, 11) is 0. The lowest BCUT2D eigenvalue weighted by Gasteiger charge is -2.37. The standard InChI is InChI=1S/C33H37F4N7O5S/c1-5-24-27(41-11-13-42(14-12-41)31(47)49-32(2,3)4)29(46)44-30(39-28(40-44)20-6-9-25-19(16-20)10-15-48-25)43(24)18-26(45)38-23-8-7-21(17-22(23)34)50-33(35,36)37/h6-9,16-17,26,38,45H,5,10-15,18H2,1-4H3. The Morgan fingerprint density at radius 2 is 1.86 bits per heavy atom. The maximum Gasteiger partial charge on any atom is 0.446 e. The number of aromatic nitrogens is 4. The molecular weight excluding hydrogens is 682 g/mol. The summed E-state index contributed by atoms with van der Waals surface area (Å²) in [4.78, 5) is 34.8. The van der Waals surface area contributed by atoms with Gasteiger partial charge in [0, 0.05) is 48.8 Å². The molecule has 0 bridgehead atoms. The Kier molecular flexibility index (Phi) is 9.65. The Bertz CT molecular complexity index is 1970. The van der Waals surface area contributed by atoms with Crippen LogP contribution >= 0.6 is 11.8 Å². The van der Waals surface area contributed by atoms with Gasteiger partial charge in [0.2, 0.25) is 5.78 Å². The Morgan fingerprint density at radius 3 is 2.52 bits per heavy atom. The van der Waals surface area contributed by atoms with Gasteiger partial charge in [-0.25, -0.2) is 9.18 Å². The molecule has 0 spiro atoms. The van der Waals surface area contributed by atoms with Crippen molar-refractivity contribution in [3.8, 4) is 17.1 Å². The number of piperazine rings is 1. The van der Waals surface area contributed by atoms with E-state index in [9.17, 15) is 32.3 Å². The number of halogens is 4. The Morgan fingerprint density at radius 1 is 1.12 bits per heavy atom. The van der Waals surface area contributed by atoms with Crippen LogP contribution in [0.15, 0.2) is 46.1 Å². The molecule has 268 valence electrons. The first kappa shape index (κ1) is 35.3. The molecule has 6 rings (SSSR count). The van der Waals surface area contributed by atoms with E-state index in [0.29, 0.717) is 62.6 Å². The number of benzene rings is 2. The molecule has 12 nitrogen and oxygen atoms in total. The lowest BCUT2D eigenvalue weighted by Crippen LogP contribution is -2.51. The van der Waals surface area contributed by atoms with Crippen molar-refractivity contribution >= 4 is 35.0 Å². The predicted octanol–water partition coefficient (Wildman–Crippen LogP) is 5.29. The average Bonchev–Trinajstić information content (AvgIpc) is 3.70. The van der Waals surface area contributed by atoms with Gasteiger partial charge in [0.05, 0.1) is 18.8 Å². The third-order valence-corrected chi connectivity index (χ3v) is 8.93. The number of thioether (sulfide) groups is 1. The van der Waals surface area contributed by atoms with Gasteiger partial charge >= 0.3 is 11.6 Å². The van der Waals surface area contributed by atoms with Crippen molar-refractivity contribution in [2.24, 2.45) is 0 Å². The number of carbonyl (C=O) groups is 1. The van der Waals surface area contributed by atoms with Crippen LogP contribution in [0.1, 0.15) is 39.0 Å². The molecule has 1 unspecified atom stereocenters. The van der Waals surface area contributed by atoms with Crippen LogP contribution in [0, 0.1) is 5.82 Å². The highest BCUT2D eigenvalue weighted by Crippen LogP contribution is 2.38. The van der Waals surface area contributed by atoms with Crippen LogP contribution in [0.4, 0.5) is 33.7 Å². The maximum absolute atomic E-state index is 14.9. The topological polar surface area (TPSA) is 126 Å². The molecule has 50 heavy (non-hydrogen) atoms. The molecule has 0 radical (unpaired) electrons. The minimum absolute atomic E-state index is 0.132. The highest BCUT2D eigenvalue weighted by molar-refractivity contribution is 8.00. The van der Waals surface area contributed by atoms with Gasteiger partial charge in [-0.1, -0.05) is 6.92 Å². The van der Waals surface area contributed by atoms with Gasteiger partial charge in [-0.2, -0.15) is 22.7 Å². The number of anilines is 2. The largest absolute Gasteiger partial charge is 0.493 e.